The summed E-state index contributed by atoms with van der Waals surface area (Å²) in [5, 5.41) is 2.35. The maximum absolute atomic E-state index is 13.1. The first-order valence-corrected chi connectivity index (χ1v) is 7.86. The third-order valence-corrected chi connectivity index (χ3v) is 4.22. The molecular formula is C17H18FNO3S. The van der Waals surface area contributed by atoms with E-state index in [9.17, 15) is 9.18 Å². The van der Waals surface area contributed by atoms with Gasteiger partial charge >= 0.3 is 0 Å². The fourth-order valence-corrected chi connectivity index (χ4v) is 2.85. The second kappa shape index (κ2) is 7.87. The van der Waals surface area contributed by atoms with Gasteiger partial charge in [0.15, 0.2) is 11.5 Å². The van der Waals surface area contributed by atoms with Crippen LogP contribution < -0.4 is 14.8 Å². The number of ether oxygens (including phenoxy) is 2. The molecule has 2 aromatic carbocycles. The lowest BCUT2D eigenvalue weighted by Crippen LogP contribution is -2.22. The Kier molecular flexibility index (Phi) is 5.87. The molecule has 1 unspecified atom stereocenters. The molecule has 0 aliphatic carbocycles. The van der Waals surface area contributed by atoms with Crippen LogP contribution in [-0.2, 0) is 4.79 Å². The van der Waals surface area contributed by atoms with E-state index in [1.807, 2.05) is 12.1 Å². The number of nitrogens with one attached hydrogen (secondary N) is 1. The lowest BCUT2D eigenvalue weighted by atomic mass is 10.3. The monoisotopic (exact) mass is 335 g/mol. The molecule has 1 N–H and O–H groups in total. The summed E-state index contributed by atoms with van der Waals surface area (Å²) in [5.41, 5.74) is 0.440. The highest BCUT2D eigenvalue weighted by molar-refractivity contribution is 8.00. The lowest BCUT2D eigenvalue weighted by Gasteiger charge is -2.14. The molecule has 4 nitrogen and oxygen atoms in total. The van der Waals surface area contributed by atoms with Gasteiger partial charge in [-0.3, -0.25) is 4.79 Å². The number of rotatable bonds is 6. The first-order valence-electron chi connectivity index (χ1n) is 6.98. The first kappa shape index (κ1) is 17.1. The van der Waals surface area contributed by atoms with Crippen molar-refractivity contribution in [3.63, 3.8) is 0 Å². The molecule has 0 aliphatic heterocycles. The van der Waals surface area contributed by atoms with Crippen molar-refractivity contribution < 1.29 is 18.7 Å². The van der Waals surface area contributed by atoms with E-state index in [1.165, 1.54) is 23.9 Å². The zero-order valence-corrected chi connectivity index (χ0v) is 13.9. The smallest absolute Gasteiger partial charge is 0.237 e. The van der Waals surface area contributed by atoms with Gasteiger partial charge in [0, 0.05) is 10.6 Å². The number of methoxy groups -OCH3 is 2. The van der Waals surface area contributed by atoms with Crippen LogP contribution in [0, 0.1) is 5.82 Å². The number of hydrogen-bond donors (Lipinski definition) is 1. The van der Waals surface area contributed by atoms with Gasteiger partial charge in [0.2, 0.25) is 5.91 Å². The van der Waals surface area contributed by atoms with E-state index in [0.29, 0.717) is 17.2 Å². The predicted octanol–water partition coefficient (Wildman–Crippen LogP) is 3.96. The quantitative estimate of drug-likeness (QED) is 0.812. The number of benzene rings is 2. The Morgan fingerprint density at radius 3 is 2.52 bits per heavy atom. The summed E-state index contributed by atoms with van der Waals surface area (Å²) < 4.78 is 23.6. The molecule has 122 valence electrons. The highest BCUT2D eigenvalue weighted by Gasteiger charge is 2.16. The molecule has 0 heterocycles. The van der Waals surface area contributed by atoms with Crippen molar-refractivity contribution in [1.82, 2.24) is 0 Å². The van der Waals surface area contributed by atoms with Gasteiger partial charge in [-0.1, -0.05) is 6.07 Å². The standard InChI is InChI=1S/C17H18FNO3S/c1-11(17(20)19-13-6-4-5-12(18)9-13)23-14-7-8-15(21-2)16(10-14)22-3/h4-11H,1-3H3,(H,19,20). The Balaban J connectivity index is 2.03. The molecule has 6 heteroatoms. The number of anilines is 1. The topological polar surface area (TPSA) is 47.6 Å². The molecule has 0 fully saturated rings. The van der Waals surface area contributed by atoms with Gasteiger partial charge in [-0.15, -0.1) is 11.8 Å². The molecule has 23 heavy (non-hydrogen) atoms. The van der Waals surface area contributed by atoms with E-state index in [2.05, 4.69) is 5.32 Å². The predicted molar refractivity (Wildman–Crippen MR) is 89.9 cm³/mol. The van der Waals surface area contributed by atoms with Gasteiger partial charge in [-0.25, -0.2) is 4.39 Å². The largest absolute Gasteiger partial charge is 0.493 e. The minimum absolute atomic E-state index is 0.199. The van der Waals surface area contributed by atoms with Crippen LogP contribution in [0.2, 0.25) is 0 Å². The van der Waals surface area contributed by atoms with Crippen molar-refractivity contribution in [2.45, 2.75) is 17.1 Å². The molecule has 1 atom stereocenters. The summed E-state index contributed by atoms with van der Waals surface area (Å²) >= 11 is 1.38. The van der Waals surface area contributed by atoms with E-state index >= 15 is 0 Å². The minimum atomic E-state index is -0.386. The SMILES string of the molecule is COc1ccc(SC(C)C(=O)Nc2cccc(F)c2)cc1OC. The number of hydrogen-bond acceptors (Lipinski definition) is 4. The Morgan fingerprint density at radius 1 is 1.13 bits per heavy atom. The van der Waals surface area contributed by atoms with Crippen LogP contribution in [0.5, 0.6) is 11.5 Å². The van der Waals surface area contributed by atoms with Crippen LogP contribution in [-0.4, -0.2) is 25.4 Å². The van der Waals surface area contributed by atoms with E-state index in [0.717, 1.165) is 4.90 Å². The Hall–Kier alpha value is -2.21. The van der Waals surface area contributed by atoms with Gasteiger partial charge in [0.05, 0.1) is 19.5 Å². The fraction of sp³-hybridized carbons (Fsp3) is 0.235. The van der Waals surface area contributed by atoms with E-state index in [-0.39, 0.29) is 17.0 Å². The van der Waals surface area contributed by atoms with Crippen molar-refractivity contribution in [2.24, 2.45) is 0 Å². The van der Waals surface area contributed by atoms with Crippen molar-refractivity contribution in [2.75, 3.05) is 19.5 Å². The van der Waals surface area contributed by atoms with Crippen LogP contribution in [0.4, 0.5) is 10.1 Å². The van der Waals surface area contributed by atoms with Crippen LogP contribution in [0.15, 0.2) is 47.4 Å². The average Bonchev–Trinajstić information content (AvgIpc) is 2.54. The zero-order chi connectivity index (χ0) is 16.8. The summed E-state index contributed by atoms with van der Waals surface area (Å²) in [5.74, 6) is 0.655. The second-order valence-corrected chi connectivity index (χ2v) is 6.19. The molecule has 0 bridgehead atoms. The minimum Gasteiger partial charge on any atom is -0.493 e. The van der Waals surface area contributed by atoms with Gasteiger partial charge in [-0.2, -0.15) is 0 Å². The van der Waals surface area contributed by atoms with Crippen LogP contribution in [0.25, 0.3) is 0 Å². The molecule has 0 spiro atoms. The number of halogens is 1. The molecule has 0 aromatic heterocycles. The number of thioether (sulfide) groups is 1. The Morgan fingerprint density at radius 2 is 1.87 bits per heavy atom. The number of amides is 1. The molecule has 2 rings (SSSR count). The summed E-state index contributed by atoms with van der Waals surface area (Å²) in [6, 6.07) is 11.3. The summed E-state index contributed by atoms with van der Waals surface area (Å²) in [6.45, 7) is 1.79. The maximum atomic E-state index is 13.1. The Labute approximate surface area is 139 Å². The van der Waals surface area contributed by atoms with Crippen molar-refractivity contribution in [3.05, 3.63) is 48.3 Å². The summed E-state index contributed by atoms with van der Waals surface area (Å²) in [7, 11) is 3.13. The van der Waals surface area contributed by atoms with E-state index < -0.39 is 0 Å². The fourth-order valence-electron chi connectivity index (χ4n) is 1.96. The highest BCUT2D eigenvalue weighted by atomic mass is 32.2. The number of carbonyl (C=O) groups excluding carboxylic acids is 1. The Bertz CT molecular complexity index is 693. The summed E-state index contributed by atoms with van der Waals surface area (Å²) in [4.78, 5) is 13.1. The van der Waals surface area contributed by atoms with Crippen LogP contribution >= 0.6 is 11.8 Å². The second-order valence-electron chi connectivity index (χ2n) is 4.78. The van der Waals surface area contributed by atoms with E-state index in [1.54, 1.807) is 39.3 Å². The maximum Gasteiger partial charge on any atom is 0.237 e. The van der Waals surface area contributed by atoms with Gasteiger partial charge < -0.3 is 14.8 Å². The summed E-state index contributed by atoms with van der Waals surface area (Å²) in [6.07, 6.45) is 0. The molecule has 2 aromatic rings. The van der Waals surface area contributed by atoms with Gasteiger partial charge in [-0.05, 0) is 43.3 Å². The number of carbonyl (C=O) groups is 1. The zero-order valence-electron chi connectivity index (χ0n) is 13.1. The third kappa shape index (κ3) is 4.63. The van der Waals surface area contributed by atoms with Crippen molar-refractivity contribution in [1.29, 1.82) is 0 Å². The molecule has 0 radical (unpaired) electrons. The normalized spacial score (nSPS) is 11.7. The first-order chi connectivity index (χ1) is 11.0. The molecule has 0 aliphatic rings. The van der Waals surface area contributed by atoms with Gasteiger partial charge in [0.25, 0.3) is 0 Å². The average molecular weight is 335 g/mol. The van der Waals surface area contributed by atoms with Gasteiger partial charge in [0.1, 0.15) is 5.82 Å². The van der Waals surface area contributed by atoms with Crippen LogP contribution in [0.1, 0.15) is 6.92 Å². The molecular weight excluding hydrogens is 317 g/mol. The molecule has 0 saturated heterocycles. The van der Waals surface area contributed by atoms with Crippen molar-refractivity contribution in [3.8, 4) is 11.5 Å². The third-order valence-electron chi connectivity index (χ3n) is 3.13. The van der Waals surface area contributed by atoms with Crippen molar-refractivity contribution >= 4 is 23.4 Å². The molecule has 0 saturated carbocycles. The van der Waals surface area contributed by atoms with Crippen LogP contribution in [0.3, 0.4) is 0 Å². The lowest BCUT2D eigenvalue weighted by molar-refractivity contribution is -0.115. The molecule has 1 amide bonds. The van der Waals surface area contributed by atoms with E-state index in [4.69, 9.17) is 9.47 Å². The highest BCUT2D eigenvalue weighted by Crippen LogP contribution is 2.33.